The lowest BCUT2D eigenvalue weighted by atomic mass is 10.1. The number of nitrogens with zero attached hydrogens (tertiary/aromatic N) is 2. The van der Waals surface area contributed by atoms with Crippen LogP contribution in [0.15, 0.2) is 109 Å². The Morgan fingerprint density at radius 1 is 0.455 bits per heavy atom. The van der Waals surface area contributed by atoms with Crippen LogP contribution in [0.1, 0.15) is 66.6 Å². The van der Waals surface area contributed by atoms with Crippen molar-refractivity contribution in [2.75, 3.05) is 0 Å². The highest BCUT2D eigenvalue weighted by atomic mass is 14.8. The third kappa shape index (κ3) is 13.7. The van der Waals surface area contributed by atoms with Crippen LogP contribution < -0.4 is 0 Å². The topological polar surface area (TPSA) is 25.8 Å². The standard InChI is InChI=1S/C11H8N2.2C6H6.4C2H6/c1-2-4-9-8(3-1)7-10-11(9)13-6-5-12-10;2*1-2-4-6-5-3-1;4*1-2/h1-6H,7H2;2*1-6H;4*1-2H3. The minimum absolute atomic E-state index is 0.930. The average Bonchev–Trinajstić information content (AvgIpc) is 3.35. The molecule has 0 aliphatic heterocycles. The van der Waals surface area contributed by atoms with Gasteiger partial charge in [-0.15, -0.1) is 0 Å². The molecule has 0 fully saturated rings. The molecule has 1 aromatic heterocycles. The molecule has 0 saturated heterocycles. The van der Waals surface area contributed by atoms with Crippen LogP contribution >= 0.6 is 0 Å². The maximum atomic E-state index is 4.34. The SMILES string of the molecule is CC.CC.CC.CC.c1ccc2c(c1)Cc1nccnc1-2.c1ccccc1.c1ccccc1. The number of fused-ring (bicyclic) bond motifs is 3. The quantitative estimate of drug-likeness (QED) is 0.237. The van der Waals surface area contributed by atoms with Gasteiger partial charge in [-0.2, -0.15) is 0 Å². The third-order valence-corrected chi connectivity index (χ3v) is 3.74. The Hall–Kier alpha value is -3.26. The predicted molar refractivity (Wildman–Crippen MR) is 149 cm³/mol. The summed E-state index contributed by atoms with van der Waals surface area (Å²) in [7, 11) is 0. The summed E-state index contributed by atoms with van der Waals surface area (Å²) in [6.07, 6.45) is 4.44. The van der Waals surface area contributed by atoms with Gasteiger partial charge in [-0.05, 0) is 5.56 Å². The van der Waals surface area contributed by atoms with Gasteiger partial charge in [-0.3, -0.25) is 9.97 Å². The first-order valence-corrected chi connectivity index (χ1v) is 12.3. The van der Waals surface area contributed by atoms with E-state index in [0.717, 1.165) is 17.8 Å². The van der Waals surface area contributed by atoms with Crippen LogP contribution in [-0.4, -0.2) is 9.97 Å². The molecule has 1 aliphatic rings. The zero-order valence-electron chi connectivity index (χ0n) is 22.0. The van der Waals surface area contributed by atoms with Gasteiger partial charge in [0.05, 0.1) is 11.4 Å². The van der Waals surface area contributed by atoms with Crippen molar-refractivity contribution in [2.45, 2.75) is 61.8 Å². The smallest absolute Gasteiger partial charge is 0.0923 e. The summed E-state index contributed by atoms with van der Waals surface area (Å²) in [6, 6.07) is 32.3. The Balaban J connectivity index is 0. The van der Waals surface area contributed by atoms with E-state index in [4.69, 9.17) is 0 Å². The summed E-state index contributed by atoms with van der Waals surface area (Å²) >= 11 is 0. The number of hydrogen-bond donors (Lipinski definition) is 0. The molecule has 2 heteroatoms. The van der Waals surface area contributed by atoms with Crippen LogP contribution in [0.3, 0.4) is 0 Å². The Morgan fingerprint density at radius 3 is 1.24 bits per heavy atom. The first-order chi connectivity index (χ1) is 16.4. The average molecular weight is 445 g/mol. The molecule has 3 aromatic carbocycles. The molecule has 5 rings (SSSR count). The molecule has 33 heavy (non-hydrogen) atoms. The van der Waals surface area contributed by atoms with E-state index in [9.17, 15) is 0 Å². The van der Waals surface area contributed by atoms with E-state index < -0.39 is 0 Å². The van der Waals surface area contributed by atoms with Crippen molar-refractivity contribution in [3.63, 3.8) is 0 Å². The second kappa shape index (κ2) is 25.0. The Labute approximate surface area is 203 Å². The van der Waals surface area contributed by atoms with E-state index in [1.165, 1.54) is 11.1 Å². The lowest BCUT2D eigenvalue weighted by Crippen LogP contribution is -1.86. The first kappa shape index (κ1) is 31.9. The number of hydrogen-bond acceptors (Lipinski definition) is 2. The monoisotopic (exact) mass is 444 g/mol. The minimum Gasteiger partial charge on any atom is -0.257 e. The fourth-order valence-electron chi connectivity index (χ4n) is 2.58. The van der Waals surface area contributed by atoms with E-state index in [0.29, 0.717) is 0 Å². The van der Waals surface area contributed by atoms with E-state index in [2.05, 4.69) is 28.2 Å². The van der Waals surface area contributed by atoms with Crippen molar-refractivity contribution < 1.29 is 0 Å². The summed E-state index contributed by atoms with van der Waals surface area (Å²) < 4.78 is 0. The molecule has 0 radical (unpaired) electrons. The second-order valence-corrected chi connectivity index (χ2v) is 5.49. The predicted octanol–water partition coefficient (Wildman–Crippen LogP) is 9.53. The van der Waals surface area contributed by atoms with Crippen LogP contribution in [0.2, 0.25) is 0 Å². The van der Waals surface area contributed by atoms with Crippen LogP contribution in [-0.2, 0) is 6.42 Å². The van der Waals surface area contributed by atoms with Crippen LogP contribution in [0.5, 0.6) is 0 Å². The van der Waals surface area contributed by atoms with Gasteiger partial charge in [0, 0.05) is 24.4 Å². The van der Waals surface area contributed by atoms with E-state index in [-0.39, 0.29) is 0 Å². The van der Waals surface area contributed by atoms with Crippen molar-refractivity contribution in [3.8, 4) is 11.3 Å². The van der Waals surface area contributed by atoms with Crippen molar-refractivity contribution >= 4 is 0 Å². The molecular formula is C31H44N2. The summed E-state index contributed by atoms with van der Waals surface area (Å²) in [5, 5.41) is 0. The Bertz CT molecular complexity index is 747. The highest BCUT2D eigenvalue weighted by Crippen LogP contribution is 2.32. The van der Waals surface area contributed by atoms with Crippen molar-refractivity contribution in [2.24, 2.45) is 0 Å². The number of aromatic nitrogens is 2. The Kier molecular flexibility index (Phi) is 24.2. The molecule has 1 aliphatic carbocycles. The summed E-state index contributed by atoms with van der Waals surface area (Å²) in [4.78, 5) is 8.65. The fourth-order valence-corrected chi connectivity index (χ4v) is 2.58. The molecule has 1 heterocycles. The zero-order valence-corrected chi connectivity index (χ0v) is 22.0. The summed E-state index contributed by atoms with van der Waals surface area (Å²) in [6.45, 7) is 16.0. The van der Waals surface area contributed by atoms with E-state index in [1.54, 1.807) is 12.4 Å². The molecule has 0 bridgehead atoms. The summed E-state index contributed by atoms with van der Waals surface area (Å²) in [5.41, 5.74) is 4.73. The Morgan fingerprint density at radius 2 is 0.818 bits per heavy atom. The lowest BCUT2D eigenvalue weighted by Gasteiger charge is -1.96. The molecule has 0 atom stereocenters. The lowest BCUT2D eigenvalue weighted by molar-refractivity contribution is 1.08. The molecular weight excluding hydrogens is 400 g/mol. The largest absolute Gasteiger partial charge is 0.257 e. The molecule has 178 valence electrons. The van der Waals surface area contributed by atoms with Gasteiger partial charge in [0.2, 0.25) is 0 Å². The number of benzene rings is 3. The van der Waals surface area contributed by atoms with Gasteiger partial charge in [-0.1, -0.05) is 152 Å². The van der Waals surface area contributed by atoms with E-state index in [1.807, 2.05) is 134 Å². The molecule has 0 saturated carbocycles. The van der Waals surface area contributed by atoms with Gasteiger partial charge in [0.25, 0.3) is 0 Å². The summed E-state index contributed by atoms with van der Waals surface area (Å²) in [5.74, 6) is 0. The molecule has 2 nitrogen and oxygen atoms in total. The highest BCUT2D eigenvalue weighted by molar-refractivity contribution is 5.71. The van der Waals surface area contributed by atoms with Crippen molar-refractivity contribution in [1.29, 1.82) is 0 Å². The molecule has 4 aromatic rings. The first-order valence-electron chi connectivity index (χ1n) is 12.3. The third-order valence-electron chi connectivity index (χ3n) is 3.74. The van der Waals surface area contributed by atoms with Gasteiger partial charge < -0.3 is 0 Å². The molecule has 0 amide bonds. The zero-order chi connectivity index (χ0) is 25.2. The number of rotatable bonds is 0. The normalized spacial score (nSPS) is 8.48. The van der Waals surface area contributed by atoms with Crippen LogP contribution in [0.4, 0.5) is 0 Å². The molecule has 0 unspecified atom stereocenters. The highest BCUT2D eigenvalue weighted by Gasteiger charge is 2.18. The van der Waals surface area contributed by atoms with Crippen LogP contribution in [0, 0.1) is 0 Å². The second-order valence-electron chi connectivity index (χ2n) is 5.49. The molecule has 0 spiro atoms. The van der Waals surface area contributed by atoms with E-state index >= 15 is 0 Å². The van der Waals surface area contributed by atoms with Crippen LogP contribution in [0.25, 0.3) is 11.3 Å². The van der Waals surface area contributed by atoms with Gasteiger partial charge >= 0.3 is 0 Å². The van der Waals surface area contributed by atoms with Crippen molar-refractivity contribution in [1.82, 2.24) is 9.97 Å². The molecule has 0 N–H and O–H groups in total. The van der Waals surface area contributed by atoms with Crippen molar-refractivity contribution in [3.05, 3.63) is 121 Å². The van der Waals surface area contributed by atoms with Gasteiger partial charge in [-0.25, -0.2) is 0 Å². The minimum atomic E-state index is 0.930. The van der Waals surface area contributed by atoms with Gasteiger partial charge in [0.1, 0.15) is 0 Å². The maximum absolute atomic E-state index is 4.34. The maximum Gasteiger partial charge on any atom is 0.0923 e. The fraction of sp³-hybridized carbons (Fsp3) is 0.290. The van der Waals surface area contributed by atoms with Gasteiger partial charge in [0.15, 0.2) is 0 Å².